The molecule has 0 saturated carbocycles. The number of aromatic nitrogens is 1. The van der Waals surface area contributed by atoms with E-state index in [0.29, 0.717) is 26.9 Å². The van der Waals surface area contributed by atoms with Gasteiger partial charge in [-0.3, -0.25) is 4.79 Å². The van der Waals surface area contributed by atoms with E-state index >= 15 is 0 Å². The molecule has 1 aromatic heterocycles. The van der Waals surface area contributed by atoms with Gasteiger partial charge < -0.3 is 14.8 Å². The van der Waals surface area contributed by atoms with Crippen molar-refractivity contribution < 1.29 is 32.2 Å². The third kappa shape index (κ3) is 6.60. The van der Waals surface area contributed by atoms with Crippen molar-refractivity contribution in [3.63, 3.8) is 0 Å². The minimum atomic E-state index is -4.46. The molecule has 10 heteroatoms. The molecule has 0 saturated heterocycles. The number of halogens is 3. The molecule has 1 amide bonds. The number of amides is 1. The molecule has 0 aliphatic rings. The van der Waals surface area contributed by atoms with E-state index in [-0.39, 0.29) is 19.1 Å². The number of benzene rings is 2. The van der Waals surface area contributed by atoms with E-state index in [4.69, 9.17) is 9.47 Å². The lowest BCUT2D eigenvalue weighted by Gasteiger charge is -2.24. The van der Waals surface area contributed by atoms with Crippen LogP contribution >= 0.6 is 11.3 Å². The van der Waals surface area contributed by atoms with Gasteiger partial charge in [0, 0.05) is 12.1 Å². The lowest BCUT2D eigenvalue weighted by molar-refractivity contribution is -0.158. The Morgan fingerprint density at radius 2 is 1.77 bits per heavy atom. The van der Waals surface area contributed by atoms with Crippen molar-refractivity contribution in [2.45, 2.75) is 46.0 Å². The zero-order chi connectivity index (χ0) is 25.8. The molecule has 3 rings (SSSR count). The van der Waals surface area contributed by atoms with Crippen LogP contribution in [-0.4, -0.2) is 29.1 Å². The molecule has 0 aliphatic carbocycles. The molecule has 186 valence electrons. The topological polar surface area (TPSA) is 77.5 Å². The summed E-state index contributed by atoms with van der Waals surface area (Å²) in [4.78, 5) is 29.3. The number of hydrogen-bond acceptors (Lipinski definition) is 6. The number of esters is 1. The number of hydrogen-bond donors (Lipinski definition) is 1. The van der Waals surface area contributed by atoms with Crippen LogP contribution in [0, 0.1) is 6.92 Å². The highest BCUT2D eigenvalue weighted by molar-refractivity contribution is 7.17. The maximum Gasteiger partial charge on any atom is 0.416 e. The standard InChI is InChI=1S/C25H25F3N2O4S/c1-5-33-23(32)24(3,4)34-19-11-9-16(10-12-19)14-29-21(31)20-15(2)30-22(35-20)17-7-6-8-18(13-17)25(26,27)28/h6-13H,5,14H2,1-4H3,(H,29,31). The molecule has 35 heavy (non-hydrogen) atoms. The molecule has 0 spiro atoms. The molecule has 0 aliphatic heterocycles. The lowest BCUT2D eigenvalue weighted by Crippen LogP contribution is -2.39. The van der Waals surface area contributed by atoms with Crippen molar-refractivity contribution in [3.8, 4) is 16.3 Å². The summed E-state index contributed by atoms with van der Waals surface area (Å²) < 4.78 is 49.8. The Morgan fingerprint density at radius 3 is 2.40 bits per heavy atom. The summed E-state index contributed by atoms with van der Waals surface area (Å²) >= 11 is 1.04. The summed E-state index contributed by atoms with van der Waals surface area (Å²) in [5, 5.41) is 3.13. The van der Waals surface area contributed by atoms with E-state index in [1.54, 1.807) is 52.0 Å². The van der Waals surface area contributed by atoms with Gasteiger partial charge >= 0.3 is 12.1 Å². The van der Waals surface area contributed by atoms with Gasteiger partial charge in [0.2, 0.25) is 0 Å². The maximum absolute atomic E-state index is 13.0. The van der Waals surface area contributed by atoms with E-state index in [0.717, 1.165) is 29.0 Å². The van der Waals surface area contributed by atoms with Gasteiger partial charge in [0.05, 0.1) is 17.9 Å². The second kappa shape index (κ2) is 10.5. The SMILES string of the molecule is CCOC(=O)C(C)(C)Oc1ccc(CNC(=O)c2sc(-c3cccc(C(F)(F)F)c3)nc2C)cc1. The van der Waals surface area contributed by atoms with Gasteiger partial charge in [-0.25, -0.2) is 9.78 Å². The Kier molecular flexibility index (Phi) is 7.84. The number of rotatable bonds is 8. The van der Waals surface area contributed by atoms with Gasteiger partial charge in [0.15, 0.2) is 5.60 Å². The molecule has 0 fully saturated rings. The molecular formula is C25H25F3N2O4S. The average Bonchev–Trinajstić information content (AvgIpc) is 3.19. The van der Waals surface area contributed by atoms with E-state index < -0.39 is 23.3 Å². The summed E-state index contributed by atoms with van der Waals surface area (Å²) in [7, 11) is 0. The number of thiazole rings is 1. The quantitative estimate of drug-likeness (QED) is 0.392. The number of carbonyl (C=O) groups is 2. The molecule has 2 aromatic carbocycles. The van der Waals surface area contributed by atoms with E-state index in [9.17, 15) is 22.8 Å². The van der Waals surface area contributed by atoms with Gasteiger partial charge in [-0.1, -0.05) is 24.3 Å². The predicted molar refractivity (Wildman–Crippen MR) is 126 cm³/mol. The van der Waals surface area contributed by atoms with Crippen LogP contribution in [0.3, 0.4) is 0 Å². The molecule has 0 atom stereocenters. The maximum atomic E-state index is 13.0. The fourth-order valence-electron chi connectivity index (χ4n) is 3.14. The zero-order valence-corrected chi connectivity index (χ0v) is 20.5. The first-order valence-electron chi connectivity index (χ1n) is 10.8. The number of nitrogens with zero attached hydrogens (tertiary/aromatic N) is 1. The van der Waals surface area contributed by atoms with Crippen molar-refractivity contribution in [3.05, 3.63) is 70.2 Å². The third-order valence-corrected chi connectivity index (χ3v) is 6.16. The Bertz CT molecular complexity index is 1200. The van der Waals surface area contributed by atoms with Crippen molar-refractivity contribution in [1.29, 1.82) is 0 Å². The van der Waals surface area contributed by atoms with E-state index in [1.165, 1.54) is 12.1 Å². The van der Waals surface area contributed by atoms with Crippen LogP contribution in [0.5, 0.6) is 5.75 Å². The van der Waals surface area contributed by atoms with Gasteiger partial charge in [-0.2, -0.15) is 13.2 Å². The molecule has 1 N–H and O–H groups in total. The van der Waals surface area contributed by atoms with Gasteiger partial charge in [-0.15, -0.1) is 11.3 Å². The van der Waals surface area contributed by atoms with Crippen molar-refractivity contribution in [2.75, 3.05) is 6.61 Å². The van der Waals surface area contributed by atoms with Crippen LogP contribution < -0.4 is 10.1 Å². The van der Waals surface area contributed by atoms with Crippen LogP contribution in [0.1, 0.15) is 47.3 Å². The van der Waals surface area contributed by atoms with Crippen molar-refractivity contribution in [2.24, 2.45) is 0 Å². The molecule has 0 bridgehead atoms. The average molecular weight is 507 g/mol. The van der Waals surface area contributed by atoms with Crippen LogP contribution in [0.2, 0.25) is 0 Å². The minimum absolute atomic E-state index is 0.219. The highest BCUT2D eigenvalue weighted by Gasteiger charge is 2.32. The summed E-state index contributed by atoms with van der Waals surface area (Å²) in [5.74, 6) is -0.370. The second-order valence-electron chi connectivity index (χ2n) is 8.17. The summed E-state index contributed by atoms with van der Waals surface area (Å²) in [6.07, 6.45) is -4.46. The first-order chi connectivity index (χ1) is 16.4. The number of ether oxygens (including phenoxy) is 2. The van der Waals surface area contributed by atoms with Crippen LogP contribution in [0.15, 0.2) is 48.5 Å². The van der Waals surface area contributed by atoms with E-state index in [1.807, 2.05) is 0 Å². The normalized spacial score (nSPS) is 11.7. The fraction of sp³-hybridized carbons (Fsp3) is 0.320. The monoisotopic (exact) mass is 506 g/mol. The Labute approximate surface area is 205 Å². The highest BCUT2D eigenvalue weighted by Crippen LogP contribution is 2.34. The van der Waals surface area contributed by atoms with Gasteiger partial charge in [0.25, 0.3) is 5.91 Å². The first-order valence-corrected chi connectivity index (χ1v) is 11.6. The molecular weight excluding hydrogens is 481 g/mol. The van der Waals surface area contributed by atoms with Crippen LogP contribution in [0.25, 0.3) is 10.6 Å². The first kappa shape index (κ1) is 26.2. The summed E-state index contributed by atoms with van der Waals surface area (Å²) in [6.45, 7) is 7.06. The predicted octanol–water partition coefficient (Wildman–Crippen LogP) is 5.79. The Morgan fingerprint density at radius 1 is 1.09 bits per heavy atom. The Hall–Kier alpha value is -3.40. The number of carbonyl (C=O) groups excluding carboxylic acids is 2. The molecule has 3 aromatic rings. The highest BCUT2D eigenvalue weighted by atomic mass is 32.1. The minimum Gasteiger partial charge on any atom is -0.476 e. The largest absolute Gasteiger partial charge is 0.476 e. The number of nitrogens with one attached hydrogen (secondary N) is 1. The van der Waals surface area contributed by atoms with Crippen molar-refractivity contribution in [1.82, 2.24) is 10.3 Å². The smallest absolute Gasteiger partial charge is 0.416 e. The molecule has 6 nitrogen and oxygen atoms in total. The summed E-state index contributed by atoms with van der Waals surface area (Å²) in [6, 6.07) is 11.7. The Balaban J connectivity index is 1.64. The third-order valence-electron chi connectivity index (χ3n) is 4.96. The molecule has 0 unspecified atom stereocenters. The van der Waals surface area contributed by atoms with Crippen molar-refractivity contribution >= 4 is 23.2 Å². The molecule has 1 heterocycles. The van der Waals surface area contributed by atoms with E-state index in [2.05, 4.69) is 10.3 Å². The molecule has 0 radical (unpaired) electrons. The fourth-order valence-corrected chi connectivity index (χ4v) is 4.12. The van der Waals surface area contributed by atoms with Gasteiger partial charge in [-0.05, 0) is 57.5 Å². The number of alkyl halides is 3. The zero-order valence-electron chi connectivity index (χ0n) is 19.7. The summed E-state index contributed by atoms with van der Waals surface area (Å²) in [5.41, 5.74) is -0.391. The second-order valence-corrected chi connectivity index (χ2v) is 9.17. The van der Waals surface area contributed by atoms with Crippen LogP contribution in [-0.2, 0) is 22.3 Å². The van der Waals surface area contributed by atoms with Crippen LogP contribution in [0.4, 0.5) is 13.2 Å². The lowest BCUT2D eigenvalue weighted by atomic mass is 10.1. The number of aryl methyl sites for hydroxylation is 1. The van der Waals surface area contributed by atoms with Gasteiger partial charge in [0.1, 0.15) is 15.6 Å².